The van der Waals surface area contributed by atoms with Gasteiger partial charge in [-0.15, -0.1) is 24.0 Å². The van der Waals surface area contributed by atoms with Crippen LogP contribution in [0.25, 0.3) is 0 Å². The van der Waals surface area contributed by atoms with Gasteiger partial charge in [0.25, 0.3) is 0 Å². The molecule has 0 spiro atoms. The highest BCUT2D eigenvalue weighted by atomic mass is 127. The molecular formula is C21H27FIN3O2. The standard InChI is InChI=1S/C21H26FN3O2.HI/c22-19-4-3-17-6-9-25(14-18(17)12-19)21(24-13-16-7-11-26-15-16)23-8-5-20-2-1-10-27-20;/h1-4,10,12,16H,5-9,11,13-15H2,(H,23,24);1H. The molecule has 1 saturated heterocycles. The van der Waals surface area contributed by atoms with Crippen LogP contribution in [0.3, 0.4) is 0 Å². The molecule has 28 heavy (non-hydrogen) atoms. The molecule has 2 aliphatic heterocycles. The third kappa shape index (κ3) is 5.47. The Morgan fingerprint density at radius 2 is 2.21 bits per heavy atom. The number of nitrogens with zero attached hydrogens (tertiary/aromatic N) is 2. The van der Waals surface area contributed by atoms with Crippen molar-refractivity contribution in [3.63, 3.8) is 0 Å². The first-order valence-electron chi connectivity index (χ1n) is 9.68. The molecule has 0 saturated carbocycles. The highest BCUT2D eigenvalue weighted by Crippen LogP contribution is 2.20. The van der Waals surface area contributed by atoms with Crippen LogP contribution in [0.4, 0.5) is 4.39 Å². The molecule has 5 nitrogen and oxygen atoms in total. The Morgan fingerprint density at radius 3 is 3.00 bits per heavy atom. The Bertz CT molecular complexity index is 776. The second-order valence-electron chi connectivity index (χ2n) is 7.23. The van der Waals surface area contributed by atoms with Crippen molar-refractivity contribution >= 4 is 29.9 Å². The van der Waals surface area contributed by atoms with E-state index in [1.165, 1.54) is 5.56 Å². The fourth-order valence-electron chi connectivity index (χ4n) is 3.67. The van der Waals surface area contributed by atoms with Crippen LogP contribution in [0.15, 0.2) is 46.0 Å². The Labute approximate surface area is 182 Å². The monoisotopic (exact) mass is 499 g/mol. The number of ether oxygens (including phenoxy) is 1. The lowest BCUT2D eigenvalue weighted by atomic mass is 10.00. The summed E-state index contributed by atoms with van der Waals surface area (Å²) in [6, 6.07) is 8.98. The molecule has 3 heterocycles. The van der Waals surface area contributed by atoms with Crippen LogP contribution in [0, 0.1) is 11.7 Å². The molecular weight excluding hydrogens is 472 g/mol. The normalized spacial score (nSPS) is 19.2. The number of aliphatic imine (C=N–C) groups is 1. The van der Waals surface area contributed by atoms with Crippen LogP contribution in [-0.2, 0) is 24.1 Å². The highest BCUT2D eigenvalue weighted by Gasteiger charge is 2.21. The minimum absolute atomic E-state index is 0. The third-order valence-electron chi connectivity index (χ3n) is 5.24. The zero-order valence-corrected chi connectivity index (χ0v) is 18.2. The molecule has 0 aliphatic carbocycles. The topological polar surface area (TPSA) is 50.0 Å². The van der Waals surface area contributed by atoms with E-state index in [4.69, 9.17) is 14.1 Å². The fraction of sp³-hybridized carbons (Fsp3) is 0.476. The Morgan fingerprint density at radius 1 is 1.29 bits per heavy atom. The van der Waals surface area contributed by atoms with Gasteiger partial charge in [0.1, 0.15) is 11.6 Å². The number of nitrogens with one attached hydrogen (secondary N) is 1. The summed E-state index contributed by atoms with van der Waals surface area (Å²) in [5.74, 6) is 2.16. The average molecular weight is 499 g/mol. The summed E-state index contributed by atoms with van der Waals surface area (Å²) in [4.78, 5) is 7.09. The summed E-state index contributed by atoms with van der Waals surface area (Å²) in [5, 5.41) is 3.48. The number of halogens is 2. The molecule has 1 aromatic heterocycles. The van der Waals surface area contributed by atoms with E-state index in [1.807, 2.05) is 18.2 Å². The van der Waals surface area contributed by atoms with E-state index in [0.717, 1.165) is 69.4 Å². The van der Waals surface area contributed by atoms with Gasteiger partial charge < -0.3 is 19.4 Å². The third-order valence-corrected chi connectivity index (χ3v) is 5.24. The zero-order valence-electron chi connectivity index (χ0n) is 15.9. The molecule has 1 N–H and O–H groups in total. The predicted octanol–water partition coefficient (Wildman–Crippen LogP) is 3.62. The van der Waals surface area contributed by atoms with E-state index in [9.17, 15) is 4.39 Å². The van der Waals surface area contributed by atoms with Crippen molar-refractivity contribution in [2.24, 2.45) is 10.9 Å². The van der Waals surface area contributed by atoms with Gasteiger partial charge in [0.2, 0.25) is 0 Å². The van der Waals surface area contributed by atoms with Crippen LogP contribution in [0.1, 0.15) is 23.3 Å². The van der Waals surface area contributed by atoms with Crippen molar-refractivity contribution in [3.05, 3.63) is 59.3 Å². The first-order chi connectivity index (χ1) is 13.3. The van der Waals surface area contributed by atoms with E-state index < -0.39 is 0 Å². The molecule has 0 radical (unpaired) electrons. The van der Waals surface area contributed by atoms with E-state index in [0.29, 0.717) is 12.5 Å². The molecule has 1 aromatic carbocycles. The molecule has 152 valence electrons. The van der Waals surface area contributed by atoms with Crippen molar-refractivity contribution in [1.82, 2.24) is 10.2 Å². The van der Waals surface area contributed by atoms with Gasteiger partial charge in [-0.2, -0.15) is 0 Å². The first-order valence-corrected chi connectivity index (χ1v) is 9.68. The maximum Gasteiger partial charge on any atom is 0.194 e. The lowest BCUT2D eigenvalue weighted by Gasteiger charge is -2.32. The number of rotatable bonds is 5. The van der Waals surface area contributed by atoms with Crippen molar-refractivity contribution in [3.8, 4) is 0 Å². The Kier molecular flexibility index (Phi) is 7.73. The molecule has 2 aliphatic rings. The predicted molar refractivity (Wildman–Crippen MR) is 118 cm³/mol. The summed E-state index contributed by atoms with van der Waals surface area (Å²) < 4.78 is 24.5. The maximum atomic E-state index is 13.6. The van der Waals surface area contributed by atoms with E-state index in [-0.39, 0.29) is 29.8 Å². The van der Waals surface area contributed by atoms with Crippen LogP contribution in [-0.4, -0.2) is 43.7 Å². The van der Waals surface area contributed by atoms with E-state index in [2.05, 4.69) is 10.2 Å². The van der Waals surface area contributed by atoms with Gasteiger partial charge in [0.15, 0.2) is 5.96 Å². The van der Waals surface area contributed by atoms with Gasteiger partial charge in [-0.1, -0.05) is 6.07 Å². The molecule has 7 heteroatoms. The summed E-state index contributed by atoms with van der Waals surface area (Å²) >= 11 is 0. The second kappa shape index (κ2) is 10.2. The van der Waals surface area contributed by atoms with E-state index in [1.54, 1.807) is 18.4 Å². The van der Waals surface area contributed by atoms with Crippen LogP contribution >= 0.6 is 24.0 Å². The number of guanidine groups is 1. The van der Waals surface area contributed by atoms with Crippen LogP contribution in [0.2, 0.25) is 0 Å². The van der Waals surface area contributed by atoms with Crippen molar-refractivity contribution < 1.29 is 13.5 Å². The van der Waals surface area contributed by atoms with Crippen molar-refractivity contribution in [1.29, 1.82) is 0 Å². The zero-order chi connectivity index (χ0) is 18.5. The minimum atomic E-state index is -0.178. The van der Waals surface area contributed by atoms with Gasteiger partial charge in [0, 0.05) is 45.1 Å². The highest BCUT2D eigenvalue weighted by molar-refractivity contribution is 14.0. The van der Waals surface area contributed by atoms with Gasteiger partial charge in [-0.3, -0.25) is 4.99 Å². The first kappa shape index (κ1) is 21.1. The molecule has 2 aromatic rings. The number of hydrogen-bond acceptors (Lipinski definition) is 3. The Hall–Kier alpha value is -1.61. The quantitative estimate of drug-likeness (QED) is 0.388. The van der Waals surface area contributed by atoms with Crippen LogP contribution < -0.4 is 5.32 Å². The molecule has 0 bridgehead atoms. The summed E-state index contributed by atoms with van der Waals surface area (Å²) in [5.41, 5.74) is 2.28. The molecule has 4 rings (SSSR count). The average Bonchev–Trinajstić information content (AvgIpc) is 3.38. The van der Waals surface area contributed by atoms with Crippen molar-refractivity contribution in [2.45, 2.75) is 25.8 Å². The fourth-order valence-corrected chi connectivity index (χ4v) is 3.67. The number of fused-ring (bicyclic) bond motifs is 1. The van der Waals surface area contributed by atoms with Gasteiger partial charge in [-0.25, -0.2) is 4.39 Å². The van der Waals surface area contributed by atoms with Gasteiger partial charge in [-0.05, 0) is 48.2 Å². The molecule has 0 amide bonds. The van der Waals surface area contributed by atoms with Gasteiger partial charge in [0.05, 0.1) is 12.9 Å². The number of benzene rings is 1. The summed E-state index contributed by atoms with van der Waals surface area (Å²) in [6.07, 6.45) is 4.47. The molecule has 1 fully saturated rings. The Balaban J connectivity index is 0.00000225. The minimum Gasteiger partial charge on any atom is -0.469 e. The maximum absolute atomic E-state index is 13.6. The van der Waals surface area contributed by atoms with E-state index >= 15 is 0 Å². The summed E-state index contributed by atoms with van der Waals surface area (Å²) in [6.45, 7) is 4.69. The second-order valence-corrected chi connectivity index (χ2v) is 7.23. The number of furan rings is 1. The lowest BCUT2D eigenvalue weighted by Crippen LogP contribution is -2.45. The number of hydrogen-bond donors (Lipinski definition) is 1. The van der Waals surface area contributed by atoms with Gasteiger partial charge >= 0.3 is 0 Å². The lowest BCUT2D eigenvalue weighted by molar-refractivity contribution is 0.187. The largest absolute Gasteiger partial charge is 0.469 e. The summed E-state index contributed by atoms with van der Waals surface area (Å²) in [7, 11) is 0. The van der Waals surface area contributed by atoms with Crippen LogP contribution in [0.5, 0.6) is 0 Å². The molecule has 1 unspecified atom stereocenters. The SMILES string of the molecule is Fc1ccc2c(c1)CN(C(=NCC1CCOC1)NCCc1ccco1)CC2.I. The van der Waals surface area contributed by atoms with Crippen molar-refractivity contribution in [2.75, 3.05) is 32.8 Å². The smallest absolute Gasteiger partial charge is 0.194 e. The molecule has 1 atom stereocenters.